The van der Waals surface area contributed by atoms with E-state index in [2.05, 4.69) is 10.3 Å². The van der Waals surface area contributed by atoms with Gasteiger partial charge in [0.05, 0.1) is 18.2 Å². The fraction of sp³-hybridized carbons (Fsp3) is 0.429. The molecular formula is C21H25N3O2. The van der Waals surface area contributed by atoms with Gasteiger partial charge >= 0.3 is 0 Å². The zero-order chi connectivity index (χ0) is 18.1. The molecule has 1 saturated carbocycles. The number of fused-ring (bicyclic) bond motifs is 1. The third-order valence-corrected chi connectivity index (χ3v) is 5.59. The van der Waals surface area contributed by atoms with Crippen molar-refractivity contribution in [1.82, 2.24) is 15.0 Å². The number of benzene rings is 2. The number of hydrogen-bond acceptors (Lipinski definition) is 4. The summed E-state index contributed by atoms with van der Waals surface area (Å²) >= 11 is 0. The second-order valence-electron chi connectivity index (χ2n) is 7.29. The number of nitrogens with zero attached hydrogens (tertiary/aromatic N) is 3. The third kappa shape index (κ3) is 2.76. The zero-order valence-corrected chi connectivity index (χ0v) is 15.4. The summed E-state index contributed by atoms with van der Waals surface area (Å²) in [4.78, 5) is 0. The number of aliphatic hydroxyl groups is 1. The van der Waals surface area contributed by atoms with Crippen LogP contribution in [0.3, 0.4) is 0 Å². The van der Waals surface area contributed by atoms with E-state index in [1.165, 1.54) is 0 Å². The molecule has 0 amide bonds. The lowest BCUT2D eigenvalue weighted by Crippen LogP contribution is -2.42. The molecule has 1 atom stereocenters. The predicted octanol–water partition coefficient (Wildman–Crippen LogP) is 4.03. The van der Waals surface area contributed by atoms with Gasteiger partial charge in [-0.1, -0.05) is 54.8 Å². The van der Waals surface area contributed by atoms with Crippen LogP contribution in [0.1, 0.15) is 49.3 Å². The quantitative estimate of drug-likeness (QED) is 0.771. The Morgan fingerprint density at radius 3 is 2.62 bits per heavy atom. The number of rotatable bonds is 4. The highest BCUT2D eigenvalue weighted by atomic mass is 16.5. The maximum Gasteiger partial charge on any atom is 0.127 e. The molecule has 1 aromatic heterocycles. The van der Waals surface area contributed by atoms with Crippen molar-refractivity contribution >= 4 is 11.0 Å². The summed E-state index contributed by atoms with van der Waals surface area (Å²) in [6, 6.07) is 13.7. The van der Waals surface area contributed by atoms with E-state index in [9.17, 15) is 5.11 Å². The van der Waals surface area contributed by atoms with Gasteiger partial charge in [-0.25, -0.2) is 4.68 Å². The fourth-order valence-electron chi connectivity index (χ4n) is 4.33. The van der Waals surface area contributed by atoms with Crippen molar-refractivity contribution < 1.29 is 9.84 Å². The molecule has 3 aromatic rings. The van der Waals surface area contributed by atoms with Crippen molar-refractivity contribution in [2.45, 2.75) is 50.7 Å². The second kappa shape index (κ2) is 6.72. The highest BCUT2D eigenvalue weighted by Crippen LogP contribution is 2.44. The molecule has 1 N–H and O–H groups in total. The van der Waals surface area contributed by atoms with Crippen LogP contribution in [0.5, 0.6) is 5.75 Å². The molecule has 4 rings (SSSR count). The molecule has 0 saturated heterocycles. The number of ether oxygens (including phenoxy) is 1. The summed E-state index contributed by atoms with van der Waals surface area (Å²) in [6.07, 6.45) is 4.71. The minimum Gasteiger partial charge on any atom is -0.496 e. The molecule has 0 bridgehead atoms. The topological polar surface area (TPSA) is 60.2 Å². The van der Waals surface area contributed by atoms with Crippen molar-refractivity contribution in [3.8, 4) is 5.75 Å². The number of hydrogen-bond donors (Lipinski definition) is 1. The number of methoxy groups -OCH3 is 1. The minimum absolute atomic E-state index is 0.329. The Balaban J connectivity index is 1.95. The van der Waals surface area contributed by atoms with E-state index in [0.29, 0.717) is 0 Å². The number of aromatic nitrogens is 3. The van der Waals surface area contributed by atoms with E-state index in [1.54, 1.807) is 7.11 Å². The van der Waals surface area contributed by atoms with Gasteiger partial charge in [0.25, 0.3) is 0 Å². The maximum atomic E-state index is 11.7. The molecule has 1 unspecified atom stereocenters. The largest absolute Gasteiger partial charge is 0.496 e. The standard InChI is InChI=1S/C21H25N3O2/c1-15-9-8-10-16(19(15)26-2)20(21(25)13-6-3-7-14-21)24-18-12-5-4-11-17(18)22-23-24/h4-5,8-12,20,25H,3,6-7,13-14H2,1-2H3. The Hall–Kier alpha value is -2.40. The van der Waals surface area contributed by atoms with Crippen LogP contribution >= 0.6 is 0 Å². The molecule has 0 aliphatic heterocycles. The van der Waals surface area contributed by atoms with Gasteiger partial charge in [0.15, 0.2) is 0 Å². The summed E-state index contributed by atoms with van der Waals surface area (Å²) in [7, 11) is 1.69. The van der Waals surface area contributed by atoms with Crippen molar-refractivity contribution in [2.24, 2.45) is 0 Å². The first-order valence-corrected chi connectivity index (χ1v) is 9.30. The Bertz CT molecular complexity index is 913. The molecule has 136 valence electrons. The summed E-state index contributed by atoms with van der Waals surface area (Å²) in [5, 5.41) is 20.5. The highest BCUT2D eigenvalue weighted by Gasteiger charge is 2.42. The van der Waals surface area contributed by atoms with E-state index in [0.717, 1.165) is 60.0 Å². The molecule has 5 heteroatoms. The molecule has 0 radical (unpaired) electrons. The molecular weight excluding hydrogens is 326 g/mol. The average molecular weight is 351 g/mol. The smallest absolute Gasteiger partial charge is 0.127 e. The highest BCUT2D eigenvalue weighted by molar-refractivity contribution is 5.74. The Morgan fingerprint density at radius 1 is 1.08 bits per heavy atom. The first-order valence-electron chi connectivity index (χ1n) is 9.30. The normalized spacial score (nSPS) is 18.0. The molecule has 5 nitrogen and oxygen atoms in total. The van der Waals surface area contributed by atoms with Crippen LogP contribution in [-0.4, -0.2) is 32.8 Å². The Labute approximate surface area is 153 Å². The zero-order valence-electron chi connectivity index (χ0n) is 15.4. The monoisotopic (exact) mass is 351 g/mol. The Morgan fingerprint density at radius 2 is 1.85 bits per heavy atom. The number of para-hydroxylation sites is 2. The lowest BCUT2D eigenvalue weighted by Gasteiger charge is -2.40. The summed E-state index contributed by atoms with van der Waals surface area (Å²) in [5.41, 5.74) is 2.92. The van der Waals surface area contributed by atoms with Gasteiger partial charge in [-0.2, -0.15) is 0 Å². The molecule has 1 heterocycles. The van der Waals surface area contributed by atoms with Crippen LogP contribution < -0.4 is 4.74 Å². The van der Waals surface area contributed by atoms with Crippen molar-refractivity contribution in [3.05, 3.63) is 53.6 Å². The van der Waals surface area contributed by atoms with Crippen LogP contribution in [0, 0.1) is 6.92 Å². The molecule has 0 spiro atoms. The van der Waals surface area contributed by atoms with Gasteiger partial charge in [0.1, 0.15) is 17.3 Å². The average Bonchev–Trinajstić information content (AvgIpc) is 3.06. The van der Waals surface area contributed by atoms with Gasteiger partial charge in [-0.05, 0) is 37.5 Å². The molecule has 26 heavy (non-hydrogen) atoms. The van der Waals surface area contributed by atoms with Gasteiger partial charge in [0, 0.05) is 5.56 Å². The van der Waals surface area contributed by atoms with Gasteiger partial charge < -0.3 is 9.84 Å². The summed E-state index contributed by atoms with van der Waals surface area (Å²) in [6.45, 7) is 2.03. The van der Waals surface area contributed by atoms with E-state index in [-0.39, 0.29) is 6.04 Å². The van der Waals surface area contributed by atoms with Gasteiger partial charge in [0.2, 0.25) is 0 Å². The number of aryl methyl sites for hydroxylation is 1. The maximum absolute atomic E-state index is 11.7. The molecule has 1 fully saturated rings. The summed E-state index contributed by atoms with van der Waals surface area (Å²) in [5.74, 6) is 0.816. The molecule has 2 aromatic carbocycles. The first kappa shape index (κ1) is 17.0. The third-order valence-electron chi connectivity index (χ3n) is 5.59. The van der Waals surface area contributed by atoms with Crippen LogP contribution in [0.25, 0.3) is 11.0 Å². The van der Waals surface area contributed by atoms with Crippen molar-refractivity contribution in [1.29, 1.82) is 0 Å². The van der Waals surface area contributed by atoms with Gasteiger partial charge in [-0.15, -0.1) is 5.10 Å². The van der Waals surface area contributed by atoms with Crippen LogP contribution in [0.15, 0.2) is 42.5 Å². The van der Waals surface area contributed by atoms with Crippen LogP contribution in [0.4, 0.5) is 0 Å². The SMILES string of the molecule is COc1c(C)cccc1C(n1nnc2ccccc21)C1(O)CCCCC1. The second-order valence-corrected chi connectivity index (χ2v) is 7.29. The minimum atomic E-state index is -0.865. The van der Waals surface area contributed by atoms with E-state index in [4.69, 9.17) is 4.74 Å². The van der Waals surface area contributed by atoms with E-state index >= 15 is 0 Å². The lowest BCUT2D eigenvalue weighted by molar-refractivity contribution is -0.0334. The van der Waals surface area contributed by atoms with Crippen LogP contribution in [0.2, 0.25) is 0 Å². The Kier molecular flexibility index (Phi) is 4.41. The summed E-state index contributed by atoms with van der Waals surface area (Å²) < 4.78 is 7.62. The van der Waals surface area contributed by atoms with Crippen molar-refractivity contribution in [3.63, 3.8) is 0 Å². The molecule has 1 aliphatic carbocycles. The van der Waals surface area contributed by atoms with Crippen molar-refractivity contribution in [2.75, 3.05) is 7.11 Å². The van der Waals surface area contributed by atoms with E-state index in [1.807, 2.05) is 54.1 Å². The van der Waals surface area contributed by atoms with Crippen LogP contribution in [-0.2, 0) is 0 Å². The lowest BCUT2D eigenvalue weighted by atomic mass is 9.76. The van der Waals surface area contributed by atoms with Gasteiger partial charge in [-0.3, -0.25) is 0 Å². The molecule has 1 aliphatic rings. The predicted molar refractivity (Wildman–Crippen MR) is 101 cm³/mol. The first-order chi connectivity index (χ1) is 12.6. The van der Waals surface area contributed by atoms with E-state index < -0.39 is 5.60 Å². The fourth-order valence-corrected chi connectivity index (χ4v) is 4.33.